The van der Waals surface area contributed by atoms with Crippen LogP contribution >= 0.6 is 0 Å². The molecule has 27 heavy (non-hydrogen) atoms. The van der Waals surface area contributed by atoms with Crippen LogP contribution in [0.3, 0.4) is 0 Å². The Hall–Kier alpha value is -2.96. The molecule has 0 fully saturated rings. The average molecular weight is 376 g/mol. The molecule has 0 heterocycles. The van der Waals surface area contributed by atoms with Crippen molar-refractivity contribution in [3.05, 3.63) is 47.3 Å². The summed E-state index contributed by atoms with van der Waals surface area (Å²) >= 11 is 0. The van der Waals surface area contributed by atoms with E-state index in [2.05, 4.69) is 5.32 Å². The Kier molecular flexibility index (Phi) is 6.87. The first-order chi connectivity index (χ1) is 13.0. The van der Waals surface area contributed by atoms with E-state index in [0.29, 0.717) is 34.9 Å². The monoisotopic (exact) mass is 376 g/mol. The summed E-state index contributed by atoms with van der Waals surface area (Å²) in [4.78, 5) is 14.4. The molecule has 1 amide bonds. The highest BCUT2D eigenvalue weighted by Gasteiger charge is 2.20. The van der Waals surface area contributed by atoms with E-state index >= 15 is 0 Å². The van der Waals surface area contributed by atoms with E-state index in [4.69, 9.17) is 14.2 Å². The lowest BCUT2D eigenvalue weighted by atomic mass is 10.1. The zero-order valence-electron chi connectivity index (χ0n) is 16.3. The lowest BCUT2D eigenvalue weighted by Gasteiger charge is -2.18. The molecule has 146 valence electrons. The standard InChI is InChI=1S/C20H25FN2O4/c1-6-23(2)16-9-7-13(11-15(16)21)12-22-20(24)14-8-10-17(25-3)19(27-5)18(14)26-4/h7-11H,6,12H2,1-5H3,(H,22,24). The molecule has 0 atom stereocenters. The molecule has 6 nitrogen and oxygen atoms in total. The topological polar surface area (TPSA) is 60.0 Å². The maximum absolute atomic E-state index is 14.2. The number of anilines is 1. The zero-order valence-corrected chi connectivity index (χ0v) is 16.3. The van der Waals surface area contributed by atoms with Crippen LogP contribution in [-0.2, 0) is 6.54 Å². The molecule has 0 spiro atoms. The normalized spacial score (nSPS) is 10.3. The van der Waals surface area contributed by atoms with Gasteiger partial charge >= 0.3 is 0 Å². The molecular weight excluding hydrogens is 351 g/mol. The number of benzene rings is 2. The smallest absolute Gasteiger partial charge is 0.255 e. The van der Waals surface area contributed by atoms with Gasteiger partial charge in [-0.3, -0.25) is 4.79 Å². The predicted octanol–water partition coefficient (Wildman–Crippen LogP) is 3.24. The zero-order chi connectivity index (χ0) is 20.0. The van der Waals surface area contributed by atoms with Crippen molar-refractivity contribution < 1.29 is 23.4 Å². The van der Waals surface area contributed by atoms with Gasteiger partial charge in [-0.2, -0.15) is 0 Å². The summed E-state index contributed by atoms with van der Waals surface area (Å²) in [6.07, 6.45) is 0. The number of ether oxygens (including phenoxy) is 3. The molecule has 0 aliphatic heterocycles. The molecule has 0 aromatic heterocycles. The van der Waals surface area contributed by atoms with E-state index in [0.717, 1.165) is 0 Å². The first-order valence-corrected chi connectivity index (χ1v) is 8.53. The van der Waals surface area contributed by atoms with Gasteiger partial charge in [0.05, 0.1) is 32.6 Å². The highest BCUT2D eigenvalue weighted by atomic mass is 19.1. The number of amides is 1. The van der Waals surface area contributed by atoms with Gasteiger partial charge in [0, 0.05) is 20.1 Å². The second-order valence-electron chi connectivity index (χ2n) is 5.86. The molecule has 0 aliphatic carbocycles. The van der Waals surface area contributed by atoms with Crippen LogP contribution in [0.2, 0.25) is 0 Å². The van der Waals surface area contributed by atoms with Gasteiger partial charge in [0.25, 0.3) is 5.91 Å². The third-order valence-corrected chi connectivity index (χ3v) is 4.30. The second kappa shape index (κ2) is 9.12. The number of rotatable bonds is 8. The van der Waals surface area contributed by atoms with E-state index in [-0.39, 0.29) is 24.0 Å². The predicted molar refractivity (Wildman–Crippen MR) is 103 cm³/mol. The first kappa shape index (κ1) is 20.4. The number of halogens is 1. The minimum Gasteiger partial charge on any atom is -0.493 e. The Balaban J connectivity index is 2.18. The lowest BCUT2D eigenvalue weighted by molar-refractivity contribution is 0.0947. The third-order valence-electron chi connectivity index (χ3n) is 4.30. The van der Waals surface area contributed by atoms with Crippen molar-refractivity contribution in [2.24, 2.45) is 0 Å². The molecule has 0 radical (unpaired) electrons. The molecule has 0 unspecified atom stereocenters. The van der Waals surface area contributed by atoms with Crippen LogP contribution < -0.4 is 24.4 Å². The molecule has 0 saturated heterocycles. The lowest BCUT2D eigenvalue weighted by Crippen LogP contribution is -2.24. The Bertz CT molecular complexity index is 811. The Labute approximate surface area is 158 Å². The SMILES string of the molecule is CCN(C)c1ccc(CNC(=O)c2ccc(OC)c(OC)c2OC)cc1F. The van der Waals surface area contributed by atoms with Gasteiger partial charge in [-0.1, -0.05) is 6.07 Å². The maximum atomic E-state index is 14.2. The number of hydrogen-bond acceptors (Lipinski definition) is 5. The number of carbonyl (C=O) groups is 1. The van der Waals surface area contributed by atoms with E-state index in [1.54, 1.807) is 24.3 Å². The van der Waals surface area contributed by atoms with Crippen LogP contribution in [0.4, 0.5) is 10.1 Å². The van der Waals surface area contributed by atoms with Crippen LogP contribution in [0.1, 0.15) is 22.8 Å². The van der Waals surface area contributed by atoms with Crippen LogP contribution in [0.5, 0.6) is 17.2 Å². The number of carbonyl (C=O) groups excluding carboxylic acids is 1. The average Bonchev–Trinajstić information content (AvgIpc) is 2.69. The molecule has 0 aliphatic rings. The van der Waals surface area contributed by atoms with Gasteiger partial charge in [0.2, 0.25) is 5.75 Å². The van der Waals surface area contributed by atoms with E-state index < -0.39 is 0 Å². The fourth-order valence-electron chi connectivity index (χ4n) is 2.70. The summed E-state index contributed by atoms with van der Waals surface area (Å²) in [5.74, 6) is 0.396. The number of nitrogens with zero attached hydrogens (tertiary/aromatic N) is 1. The van der Waals surface area contributed by atoms with Crippen molar-refractivity contribution in [2.45, 2.75) is 13.5 Å². The fraction of sp³-hybridized carbons (Fsp3) is 0.350. The summed E-state index contributed by atoms with van der Waals surface area (Å²) < 4.78 is 30.1. The second-order valence-corrected chi connectivity index (χ2v) is 5.86. The summed E-state index contributed by atoms with van der Waals surface area (Å²) in [6, 6.07) is 8.14. The molecule has 2 aromatic rings. The van der Waals surface area contributed by atoms with Crippen LogP contribution in [0.15, 0.2) is 30.3 Å². The van der Waals surface area contributed by atoms with Gasteiger partial charge in [0.1, 0.15) is 5.82 Å². The van der Waals surface area contributed by atoms with Crippen molar-refractivity contribution in [3.8, 4) is 17.2 Å². The van der Waals surface area contributed by atoms with Gasteiger partial charge in [-0.15, -0.1) is 0 Å². The molecular formula is C20H25FN2O4. The quantitative estimate of drug-likeness (QED) is 0.766. The van der Waals surface area contributed by atoms with Crippen LogP contribution in [-0.4, -0.2) is 40.8 Å². The molecule has 7 heteroatoms. The van der Waals surface area contributed by atoms with Crippen molar-refractivity contribution in [1.29, 1.82) is 0 Å². The Morgan fingerprint density at radius 3 is 2.33 bits per heavy atom. The van der Waals surface area contributed by atoms with E-state index in [1.165, 1.54) is 27.4 Å². The van der Waals surface area contributed by atoms with Crippen molar-refractivity contribution in [3.63, 3.8) is 0 Å². The molecule has 2 rings (SSSR count). The largest absolute Gasteiger partial charge is 0.493 e. The summed E-state index contributed by atoms with van der Waals surface area (Å²) in [6.45, 7) is 2.83. The fourth-order valence-corrected chi connectivity index (χ4v) is 2.70. The summed E-state index contributed by atoms with van der Waals surface area (Å²) in [7, 11) is 6.25. The van der Waals surface area contributed by atoms with Crippen molar-refractivity contribution in [1.82, 2.24) is 5.32 Å². The Morgan fingerprint density at radius 2 is 1.78 bits per heavy atom. The highest BCUT2D eigenvalue weighted by Crippen LogP contribution is 2.39. The maximum Gasteiger partial charge on any atom is 0.255 e. The van der Waals surface area contributed by atoms with Crippen LogP contribution in [0.25, 0.3) is 0 Å². The summed E-state index contributed by atoms with van der Waals surface area (Å²) in [5, 5.41) is 2.77. The van der Waals surface area contributed by atoms with E-state index in [9.17, 15) is 9.18 Å². The number of methoxy groups -OCH3 is 3. The minimum absolute atomic E-state index is 0.184. The van der Waals surface area contributed by atoms with Crippen molar-refractivity contribution in [2.75, 3.05) is 39.8 Å². The van der Waals surface area contributed by atoms with Gasteiger partial charge < -0.3 is 24.4 Å². The van der Waals surface area contributed by atoms with Crippen LogP contribution in [0, 0.1) is 5.82 Å². The third kappa shape index (κ3) is 4.42. The van der Waals surface area contributed by atoms with Crippen molar-refractivity contribution >= 4 is 11.6 Å². The first-order valence-electron chi connectivity index (χ1n) is 8.53. The highest BCUT2D eigenvalue weighted by molar-refractivity contribution is 5.98. The number of hydrogen-bond donors (Lipinski definition) is 1. The minimum atomic E-state index is -0.358. The van der Waals surface area contributed by atoms with E-state index in [1.807, 2.05) is 18.9 Å². The molecule has 1 N–H and O–H groups in total. The van der Waals surface area contributed by atoms with Gasteiger partial charge in [0.15, 0.2) is 11.5 Å². The van der Waals surface area contributed by atoms with Gasteiger partial charge in [-0.25, -0.2) is 4.39 Å². The van der Waals surface area contributed by atoms with Gasteiger partial charge in [-0.05, 0) is 36.8 Å². The molecule has 2 aromatic carbocycles. The molecule has 0 bridgehead atoms. The molecule has 0 saturated carbocycles. The Morgan fingerprint density at radius 1 is 1.07 bits per heavy atom. The number of nitrogens with one attached hydrogen (secondary N) is 1. The summed E-state index contributed by atoms with van der Waals surface area (Å²) in [5.41, 5.74) is 1.49.